The molecular weight excluding hydrogens is 240 g/mol. The lowest BCUT2D eigenvalue weighted by molar-refractivity contribution is -0.117. The van der Waals surface area contributed by atoms with Gasteiger partial charge in [-0.05, 0) is 18.4 Å². The minimum Gasteiger partial charge on any atom is -0.322 e. The number of hydrogen-bond acceptors (Lipinski definition) is 4. The number of carbonyl (C=O) groups is 1. The second kappa shape index (κ2) is 6.61. The maximum atomic E-state index is 11.8. The maximum absolute atomic E-state index is 11.8. The third-order valence-electron chi connectivity index (χ3n) is 2.75. The van der Waals surface area contributed by atoms with E-state index >= 15 is 0 Å². The van der Waals surface area contributed by atoms with Crippen molar-refractivity contribution in [1.29, 1.82) is 0 Å². The molecule has 19 heavy (non-hydrogen) atoms. The largest absolute Gasteiger partial charge is 0.322 e. The van der Waals surface area contributed by atoms with Gasteiger partial charge in [0.2, 0.25) is 5.91 Å². The summed E-state index contributed by atoms with van der Waals surface area (Å²) in [6.07, 6.45) is 5.86. The van der Waals surface area contributed by atoms with Crippen LogP contribution in [0.3, 0.4) is 0 Å². The van der Waals surface area contributed by atoms with Crippen LogP contribution in [0, 0.1) is 0 Å². The molecular formula is C14H16N4O. The maximum Gasteiger partial charge on any atom is 0.241 e. The van der Waals surface area contributed by atoms with Crippen molar-refractivity contribution in [1.82, 2.24) is 9.97 Å². The summed E-state index contributed by atoms with van der Waals surface area (Å²) in [5, 5.41) is 2.69. The van der Waals surface area contributed by atoms with Gasteiger partial charge in [0, 0.05) is 0 Å². The van der Waals surface area contributed by atoms with E-state index in [9.17, 15) is 4.79 Å². The first-order valence-electron chi connectivity index (χ1n) is 6.11. The second-order valence-electron chi connectivity index (χ2n) is 4.25. The monoisotopic (exact) mass is 256 g/mol. The first-order chi connectivity index (χ1) is 9.25. The van der Waals surface area contributed by atoms with Gasteiger partial charge in [-0.25, -0.2) is 9.97 Å². The fourth-order valence-electron chi connectivity index (χ4n) is 1.70. The zero-order valence-corrected chi connectivity index (χ0v) is 10.5. The van der Waals surface area contributed by atoms with Crippen LogP contribution in [0.4, 0.5) is 5.69 Å². The van der Waals surface area contributed by atoms with E-state index in [4.69, 9.17) is 5.73 Å². The van der Waals surface area contributed by atoms with E-state index in [1.54, 1.807) is 0 Å². The van der Waals surface area contributed by atoms with Gasteiger partial charge in [0.25, 0.3) is 0 Å². The smallest absolute Gasteiger partial charge is 0.241 e. The number of carbonyl (C=O) groups excluding carboxylic acids is 1. The Hall–Kier alpha value is -2.27. The Morgan fingerprint density at radius 3 is 2.58 bits per heavy atom. The molecule has 1 heterocycles. The topological polar surface area (TPSA) is 80.9 Å². The van der Waals surface area contributed by atoms with Gasteiger partial charge in [-0.15, -0.1) is 0 Å². The molecule has 0 spiro atoms. The predicted molar refractivity (Wildman–Crippen MR) is 73.4 cm³/mol. The van der Waals surface area contributed by atoms with Crippen molar-refractivity contribution in [3.05, 3.63) is 54.6 Å². The fraction of sp³-hybridized carbons (Fsp3) is 0.214. The first-order valence-corrected chi connectivity index (χ1v) is 6.11. The van der Waals surface area contributed by atoms with Crippen molar-refractivity contribution in [2.45, 2.75) is 18.9 Å². The van der Waals surface area contributed by atoms with Gasteiger partial charge in [0.1, 0.15) is 6.33 Å². The Labute approximate surface area is 111 Å². The average Bonchev–Trinajstić information content (AvgIpc) is 2.47. The SMILES string of the molecule is N[C@@H](CCc1ccccc1)C(=O)Nc1cncnc1. The number of nitrogens with two attached hydrogens (primary N) is 1. The van der Waals surface area contributed by atoms with Gasteiger partial charge >= 0.3 is 0 Å². The predicted octanol–water partition coefficient (Wildman–Crippen LogP) is 1.38. The molecule has 0 saturated carbocycles. The molecule has 0 unspecified atom stereocenters. The fourth-order valence-corrected chi connectivity index (χ4v) is 1.70. The van der Waals surface area contributed by atoms with Gasteiger partial charge < -0.3 is 11.1 Å². The van der Waals surface area contributed by atoms with Gasteiger partial charge in [-0.3, -0.25) is 4.79 Å². The molecule has 1 atom stereocenters. The highest BCUT2D eigenvalue weighted by atomic mass is 16.2. The summed E-state index contributed by atoms with van der Waals surface area (Å²) in [5.41, 5.74) is 7.59. The van der Waals surface area contributed by atoms with E-state index in [0.29, 0.717) is 12.1 Å². The average molecular weight is 256 g/mol. The number of nitrogens with zero attached hydrogens (tertiary/aromatic N) is 2. The highest BCUT2D eigenvalue weighted by molar-refractivity contribution is 5.94. The molecule has 0 aliphatic rings. The summed E-state index contributed by atoms with van der Waals surface area (Å²) in [6, 6.07) is 9.42. The number of rotatable bonds is 5. The lowest BCUT2D eigenvalue weighted by Crippen LogP contribution is -2.36. The minimum atomic E-state index is -0.541. The van der Waals surface area contributed by atoms with E-state index in [1.165, 1.54) is 24.3 Å². The van der Waals surface area contributed by atoms with Crippen molar-refractivity contribution in [3.8, 4) is 0 Å². The molecule has 0 bridgehead atoms. The van der Waals surface area contributed by atoms with Gasteiger partial charge in [-0.2, -0.15) is 0 Å². The third kappa shape index (κ3) is 4.15. The Balaban J connectivity index is 1.83. The summed E-state index contributed by atoms with van der Waals surface area (Å²) in [5.74, 6) is -0.217. The van der Waals surface area contributed by atoms with E-state index < -0.39 is 6.04 Å². The molecule has 0 saturated heterocycles. The van der Waals surface area contributed by atoms with Crippen LogP contribution in [0.2, 0.25) is 0 Å². The number of benzene rings is 1. The van der Waals surface area contributed by atoms with Crippen molar-refractivity contribution >= 4 is 11.6 Å². The van der Waals surface area contributed by atoms with Crippen LogP contribution in [0.25, 0.3) is 0 Å². The summed E-state index contributed by atoms with van der Waals surface area (Å²) in [4.78, 5) is 19.5. The van der Waals surface area contributed by atoms with Crippen LogP contribution < -0.4 is 11.1 Å². The zero-order chi connectivity index (χ0) is 13.5. The number of aromatic nitrogens is 2. The quantitative estimate of drug-likeness (QED) is 0.846. The molecule has 0 aliphatic carbocycles. The zero-order valence-electron chi connectivity index (χ0n) is 10.5. The summed E-state index contributed by atoms with van der Waals surface area (Å²) in [7, 11) is 0. The number of anilines is 1. The normalized spacial score (nSPS) is 11.8. The standard InChI is InChI=1S/C14H16N4O/c15-13(7-6-11-4-2-1-3-5-11)14(19)18-12-8-16-10-17-9-12/h1-5,8-10,13H,6-7,15H2,(H,18,19)/t13-/m0/s1. The van der Waals surface area contributed by atoms with E-state index in [1.807, 2.05) is 30.3 Å². The number of hydrogen-bond donors (Lipinski definition) is 2. The number of aryl methyl sites for hydroxylation is 1. The van der Waals surface area contributed by atoms with E-state index in [0.717, 1.165) is 6.42 Å². The molecule has 5 heteroatoms. The number of nitrogens with one attached hydrogen (secondary N) is 1. The van der Waals surface area contributed by atoms with Crippen molar-refractivity contribution < 1.29 is 4.79 Å². The number of amides is 1. The molecule has 5 nitrogen and oxygen atoms in total. The highest BCUT2D eigenvalue weighted by Crippen LogP contribution is 2.06. The molecule has 1 aromatic carbocycles. The molecule has 98 valence electrons. The van der Waals surface area contributed by atoms with Gasteiger partial charge in [0.05, 0.1) is 24.1 Å². The Morgan fingerprint density at radius 1 is 1.21 bits per heavy atom. The summed E-state index contributed by atoms with van der Waals surface area (Å²) < 4.78 is 0. The van der Waals surface area contributed by atoms with Crippen LogP contribution in [-0.2, 0) is 11.2 Å². The molecule has 0 radical (unpaired) electrons. The Kier molecular flexibility index (Phi) is 4.58. The van der Waals surface area contributed by atoms with Gasteiger partial charge in [0.15, 0.2) is 0 Å². The second-order valence-corrected chi connectivity index (χ2v) is 4.25. The van der Waals surface area contributed by atoms with Crippen molar-refractivity contribution in [2.75, 3.05) is 5.32 Å². The first kappa shape index (κ1) is 13.2. The van der Waals surface area contributed by atoms with E-state index in [2.05, 4.69) is 15.3 Å². The van der Waals surface area contributed by atoms with Crippen LogP contribution in [0.15, 0.2) is 49.1 Å². The van der Waals surface area contributed by atoms with Crippen LogP contribution in [0.1, 0.15) is 12.0 Å². The molecule has 0 fully saturated rings. The molecule has 1 aromatic heterocycles. The van der Waals surface area contributed by atoms with Gasteiger partial charge in [-0.1, -0.05) is 30.3 Å². The van der Waals surface area contributed by atoms with E-state index in [-0.39, 0.29) is 5.91 Å². The molecule has 1 amide bonds. The van der Waals surface area contributed by atoms with Crippen LogP contribution >= 0.6 is 0 Å². The van der Waals surface area contributed by atoms with Crippen LogP contribution in [0.5, 0.6) is 0 Å². The molecule has 2 aromatic rings. The van der Waals surface area contributed by atoms with Crippen LogP contribution in [-0.4, -0.2) is 21.9 Å². The summed E-state index contributed by atoms with van der Waals surface area (Å²) >= 11 is 0. The lowest BCUT2D eigenvalue weighted by atomic mass is 10.1. The van der Waals surface area contributed by atoms with Crippen molar-refractivity contribution in [2.24, 2.45) is 5.73 Å². The third-order valence-corrected chi connectivity index (χ3v) is 2.75. The molecule has 0 aliphatic heterocycles. The lowest BCUT2D eigenvalue weighted by Gasteiger charge is -2.11. The minimum absolute atomic E-state index is 0.217. The Morgan fingerprint density at radius 2 is 1.89 bits per heavy atom. The highest BCUT2D eigenvalue weighted by Gasteiger charge is 2.13. The molecule has 3 N–H and O–H groups in total. The van der Waals surface area contributed by atoms with Crippen molar-refractivity contribution in [3.63, 3.8) is 0 Å². The summed E-state index contributed by atoms with van der Waals surface area (Å²) in [6.45, 7) is 0. The Bertz CT molecular complexity index is 515. The molecule has 2 rings (SSSR count).